The third-order valence-electron chi connectivity index (χ3n) is 7.17. The van der Waals surface area contributed by atoms with Gasteiger partial charge in [-0.1, -0.05) is 26.7 Å². The fourth-order valence-electron chi connectivity index (χ4n) is 4.95. The number of carbonyl (C=O) groups excluding carboxylic acids is 2. The summed E-state index contributed by atoms with van der Waals surface area (Å²) in [4.78, 5) is 30.8. The number of methoxy groups -OCH3 is 3. The molecule has 0 saturated carbocycles. The molecule has 1 fully saturated rings. The molecule has 212 valence electrons. The van der Waals surface area contributed by atoms with Gasteiger partial charge in [-0.2, -0.15) is 0 Å². The number of ether oxygens (including phenoxy) is 3. The highest BCUT2D eigenvalue weighted by Gasteiger charge is 2.46. The van der Waals surface area contributed by atoms with Crippen molar-refractivity contribution in [2.45, 2.75) is 52.0 Å². The van der Waals surface area contributed by atoms with E-state index >= 15 is 0 Å². The third-order valence-corrected chi connectivity index (χ3v) is 7.17. The number of likely N-dealkylation sites (tertiary alicyclic amines) is 1. The Morgan fingerprint density at radius 2 is 1.44 bits per heavy atom. The van der Waals surface area contributed by atoms with Gasteiger partial charge in [0, 0.05) is 23.7 Å². The molecule has 1 amide bonds. The zero-order valence-corrected chi connectivity index (χ0v) is 23.9. The van der Waals surface area contributed by atoms with Gasteiger partial charge in [0.05, 0.1) is 32.9 Å². The largest absolute Gasteiger partial charge is 0.507 e. The molecule has 8 heteroatoms. The zero-order chi connectivity index (χ0) is 28.4. The van der Waals surface area contributed by atoms with Crippen molar-refractivity contribution >= 4 is 17.4 Å². The van der Waals surface area contributed by atoms with Crippen LogP contribution in [0.2, 0.25) is 0 Å². The summed E-state index contributed by atoms with van der Waals surface area (Å²) < 4.78 is 16.2. The topological polar surface area (TPSA) is 88.5 Å². The molecule has 1 atom stereocenters. The predicted octanol–water partition coefficient (Wildman–Crippen LogP) is 5.43. The minimum atomic E-state index is -0.798. The highest BCUT2D eigenvalue weighted by atomic mass is 16.5. The van der Waals surface area contributed by atoms with Crippen LogP contribution in [-0.4, -0.2) is 74.1 Å². The first-order valence-electron chi connectivity index (χ1n) is 13.8. The molecule has 1 heterocycles. The average Bonchev–Trinajstić information content (AvgIpc) is 3.22. The Morgan fingerprint density at radius 1 is 0.846 bits per heavy atom. The van der Waals surface area contributed by atoms with E-state index in [0.717, 1.165) is 45.3 Å². The molecule has 0 radical (unpaired) electrons. The lowest BCUT2D eigenvalue weighted by atomic mass is 9.94. The standard InChI is InChI=1S/C31H42N2O6/c1-6-8-17-32(18-9-7-2)19-10-20-33-28(25-16-15-24(38-4)21-26(25)39-5)27(30(35)31(33)36)29(34)22-11-13-23(37-3)14-12-22/h11-16,21,28,34H,6-10,17-20H2,1-5H3/b29-27-. The average molecular weight is 539 g/mol. The second-order valence-electron chi connectivity index (χ2n) is 9.73. The summed E-state index contributed by atoms with van der Waals surface area (Å²) in [6, 6.07) is 11.2. The Kier molecular flexibility index (Phi) is 11.2. The molecule has 1 unspecified atom stereocenters. The lowest BCUT2D eigenvalue weighted by Crippen LogP contribution is -2.34. The molecule has 39 heavy (non-hydrogen) atoms. The molecule has 3 rings (SSSR count). The number of carbonyl (C=O) groups is 2. The molecule has 0 bridgehead atoms. The van der Waals surface area contributed by atoms with Gasteiger partial charge in [0.2, 0.25) is 0 Å². The molecule has 1 N–H and O–H groups in total. The van der Waals surface area contributed by atoms with E-state index in [2.05, 4.69) is 18.7 Å². The number of benzene rings is 2. The number of aliphatic hydroxyl groups excluding tert-OH is 1. The van der Waals surface area contributed by atoms with Crippen LogP contribution in [0.3, 0.4) is 0 Å². The number of amides is 1. The van der Waals surface area contributed by atoms with E-state index in [4.69, 9.17) is 14.2 Å². The first kappa shape index (κ1) is 30.0. The zero-order valence-electron chi connectivity index (χ0n) is 23.9. The van der Waals surface area contributed by atoms with Crippen molar-refractivity contribution < 1.29 is 28.9 Å². The van der Waals surface area contributed by atoms with Crippen molar-refractivity contribution in [1.29, 1.82) is 0 Å². The molecule has 0 spiro atoms. The number of ketones is 1. The van der Waals surface area contributed by atoms with Crippen molar-refractivity contribution in [1.82, 2.24) is 9.80 Å². The summed E-state index contributed by atoms with van der Waals surface area (Å²) in [7, 11) is 4.66. The van der Waals surface area contributed by atoms with Gasteiger partial charge in [-0.15, -0.1) is 0 Å². The Hall–Kier alpha value is -3.52. The Labute approximate surface area is 232 Å². The van der Waals surface area contributed by atoms with Crippen LogP contribution in [0.1, 0.15) is 63.1 Å². The van der Waals surface area contributed by atoms with E-state index in [1.165, 1.54) is 7.11 Å². The van der Waals surface area contributed by atoms with Gasteiger partial charge in [-0.25, -0.2) is 0 Å². The summed E-state index contributed by atoms with van der Waals surface area (Å²) in [5.41, 5.74) is 1.08. The van der Waals surface area contributed by atoms with Crippen LogP contribution in [-0.2, 0) is 9.59 Å². The number of hydrogen-bond donors (Lipinski definition) is 1. The molecule has 2 aromatic carbocycles. The normalized spacial score (nSPS) is 16.7. The molecule has 8 nitrogen and oxygen atoms in total. The summed E-state index contributed by atoms with van der Waals surface area (Å²) in [6.07, 6.45) is 5.20. The van der Waals surface area contributed by atoms with E-state index in [1.54, 1.807) is 61.6 Å². The molecule has 1 aliphatic rings. The monoisotopic (exact) mass is 538 g/mol. The maximum absolute atomic E-state index is 13.4. The summed E-state index contributed by atoms with van der Waals surface area (Å²) >= 11 is 0. The highest BCUT2D eigenvalue weighted by molar-refractivity contribution is 6.46. The molecule has 0 aromatic heterocycles. The van der Waals surface area contributed by atoms with Crippen molar-refractivity contribution in [3.05, 3.63) is 59.2 Å². The Morgan fingerprint density at radius 3 is 2.00 bits per heavy atom. The number of rotatable bonds is 15. The number of aliphatic hydroxyl groups is 1. The van der Waals surface area contributed by atoms with Crippen LogP contribution >= 0.6 is 0 Å². The number of unbranched alkanes of at least 4 members (excludes halogenated alkanes) is 2. The van der Waals surface area contributed by atoms with Crippen LogP contribution in [0, 0.1) is 0 Å². The lowest BCUT2D eigenvalue weighted by molar-refractivity contribution is -0.140. The van der Waals surface area contributed by atoms with Gasteiger partial charge >= 0.3 is 0 Å². The first-order chi connectivity index (χ1) is 18.9. The number of Topliss-reactive ketones (excluding diaryl/α,β-unsaturated/α-hetero) is 1. The van der Waals surface area contributed by atoms with Crippen LogP contribution in [0.25, 0.3) is 5.76 Å². The maximum atomic E-state index is 13.4. The minimum absolute atomic E-state index is 0.0439. The highest BCUT2D eigenvalue weighted by Crippen LogP contribution is 2.43. The molecular formula is C31H42N2O6. The van der Waals surface area contributed by atoms with Crippen molar-refractivity contribution in [2.24, 2.45) is 0 Å². The molecule has 1 saturated heterocycles. The fourth-order valence-corrected chi connectivity index (χ4v) is 4.95. The van der Waals surface area contributed by atoms with Crippen molar-refractivity contribution in [3.8, 4) is 17.2 Å². The smallest absolute Gasteiger partial charge is 0.295 e. The van der Waals surface area contributed by atoms with E-state index in [1.807, 2.05) is 0 Å². The summed E-state index contributed by atoms with van der Waals surface area (Å²) in [5, 5.41) is 11.4. The van der Waals surface area contributed by atoms with E-state index in [9.17, 15) is 14.7 Å². The van der Waals surface area contributed by atoms with Crippen LogP contribution in [0.15, 0.2) is 48.0 Å². The van der Waals surface area contributed by atoms with Gasteiger partial charge in [-0.3, -0.25) is 9.59 Å². The Bertz CT molecular complexity index is 1140. The Balaban J connectivity index is 2.01. The molecule has 2 aromatic rings. The van der Waals surface area contributed by atoms with Gasteiger partial charge in [0.15, 0.2) is 0 Å². The number of hydrogen-bond acceptors (Lipinski definition) is 7. The molecular weight excluding hydrogens is 496 g/mol. The van der Waals surface area contributed by atoms with E-state index < -0.39 is 17.7 Å². The van der Waals surface area contributed by atoms with E-state index in [-0.39, 0.29) is 11.3 Å². The van der Waals surface area contributed by atoms with Gasteiger partial charge < -0.3 is 29.1 Å². The van der Waals surface area contributed by atoms with Crippen molar-refractivity contribution in [3.63, 3.8) is 0 Å². The van der Waals surface area contributed by atoms with Gasteiger partial charge in [-0.05, 0) is 75.3 Å². The second kappa shape index (κ2) is 14.6. The fraction of sp³-hybridized carbons (Fsp3) is 0.484. The quantitative estimate of drug-likeness (QED) is 0.184. The van der Waals surface area contributed by atoms with E-state index in [0.29, 0.717) is 41.3 Å². The van der Waals surface area contributed by atoms with Crippen LogP contribution in [0.5, 0.6) is 17.2 Å². The predicted molar refractivity (Wildman–Crippen MR) is 152 cm³/mol. The van der Waals surface area contributed by atoms with Crippen molar-refractivity contribution in [2.75, 3.05) is 47.5 Å². The molecule has 0 aliphatic carbocycles. The molecule has 1 aliphatic heterocycles. The lowest BCUT2D eigenvalue weighted by Gasteiger charge is -2.28. The minimum Gasteiger partial charge on any atom is -0.507 e. The van der Waals surface area contributed by atoms with Gasteiger partial charge in [0.1, 0.15) is 23.0 Å². The van der Waals surface area contributed by atoms with Crippen LogP contribution in [0.4, 0.5) is 0 Å². The van der Waals surface area contributed by atoms with Gasteiger partial charge in [0.25, 0.3) is 11.7 Å². The number of nitrogens with zero attached hydrogens (tertiary/aromatic N) is 2. The third kappa shape index (κ3) is 7.12. The summed E-state index contributed by atoms with van der Waals surface area (Å²) in [6.45, 7) is 7.60. The van der Waals surface area contributed by atoms with Crippen LogP contribution < -0.4 is 14.2 Å². The first-order valence-corrected chi connectivity index (χ1v) is 13.8. The SMILES string of the molecule is CCCCN(CCCC)CCCN1C(=O)C(=O)/C(=C(\O)c2ccc(OC)cc2)C1c1ccc(OC)cc1OC. The second-order valence-corrected chi connectivity index (χ2v) is 9.73. The summed E-state index contributed by atoms with van der Waals surface area (Å²) in [5.74, 6) is 0.121. The maximum Gasteiger partial charge on any atom is 0.295 e.